The Bertz CT molecular complexity index is 4460. The molecule has 0 bridgehead atoms. The monoisotopic (exact) mass is 939 g/mol. The predicted molar refractivity (Wildman–Crippen MR) is 301 cm³/mol. The lowest BCUT2D eigenvalue weighted by molar-refractivity contribution is 0.591. The van der Waals surface area contributed by atoms with Gasteiger partial charge in [0.1, 0.15) is 22.3 Å². The third-order valence-electron chi connectivity index (χ3n) is 16.0. The molecule has 0 amide bonds. The topological polar surface area (TPSA) is 74.8 Å². The molecule has 0 fully saturated rings. The molecule has 0 spiro atoms. The Morgan fingerprint density at radius 3 is 1.22 bits per heavy atom. The molecule has 2 aliphatic heterocycles. The molecule has 5 aromatic heterocycles. The van der Waals surface area contributed by atoms with Crippen LogP contribution in [0.2, 0.25) is 0 Å². The van der Waals surface area contributed by atoms with Crippen LogP contribution in [0.15, 0.2) is 179 Å². The molecular weight excluding hydrogens is 894 g/mol. The van der Waals surface area contributed by atoms with E-state index in [2.05, 4.69) is 184 Å². The van der Waals surface area contributed by atoms with E-state index in [1.165, 1.54) is 49.3 Å². The zero-order valence-electron chi connectivity index (χ0n) is 41.3. The average Bonchev–Trinajstić information content (AvgIpc) is 4.16. The van der Waals surface area contributed by atoms with Gasteiger partial charge in [0.15, 0.2) is 17.5 Å². The van der Waals surface area contributed by atoms with Crippen molar-refractivity contribution in [3.8, 4) is 45.5 Å². The summed E-state index contributed by atoms with van der Waals surface area (Å²) in [4.78, 5) is 15.9. The van der Waals surface area contributed by atoms with Gasteiger partial charge in [-0.2, -0.15) is 0 Å². The van der Waals surface area contributed by atoms with Crippen molar-refractivity contribution in [3.63, 3.8) is 0 Å². The van der Waals surface area contributed by atoms with Crippen LogP contribution in [0.1, 0.15) is 52.7 Å². The van der Waals surface area contributed by atoms with Crippen molar-refractivity contribution in [2.45, 2.75) is 52.4 Å². The number of rotatable bonds is 3. The smallest absolute Gasteiger partial charge is 0.252 e. The summed E-state index contributed by atoms with van der Waals surface area (Å²) in [6.07, 6.45) is 0. The molecule has 8 heteroatoms. The molecule has 7 heterocycles. The third-order valence-corrected chi connectivity index (χ3v) is 16.0. The molecule has 0 saturated heterocycles. The van der Waals surface area contributed by atoms with Crippen LogP contribution >= 0.6 is 0 Å². The van der Waals surface area contributed by atoms with Gasteiger partial charge in [-0.1, -0.05) is 151 Å². The lowest BCUT2D eigenvalue weighted by atomic mass is 9.34. The lowest BCUT2D eigenvalue weighted by Gasteiger charge is -2.35. The molecular formula is C65H46BN5O2. The molecule has 346 valence electrons. The number of aromatic nitrogens is 5. The van der Waals surface area contributed by atoms with Crippen molar-refractivity contribution in [1.82, 2.24) is 24.1 Å². The largest absolute Gasteiger partial charge is 0.456 e. The Labute approximate surface area is 420 Å². The summed E-state index contributed by atoms with van der Waals surface area (Å²) in [6, 6.07) is 61.4. The number of para-hydroxylation sites is 2. The first-order valence-electron chi connectivity index (χ1n) is 25.4. The number of nitrogens with zero attached hydrogens (tertiary/aromatic N) is 5. The maximum Gasteiger partial charge on any atom is 0.252 e. The van der Waals surface area contributed by atoms with E-state index in [-0.39, 0.29) is 17.5 Å². The minimum atomic E-state index is -0.135. The maximum atomic E-state index is 6.67. The van der Waals surface area contributed by atoms with Crippen LogP contribution in [0.5, 0.6) is 0 Å². The second-order valence-corrected chi connectivity index (χ2v) is 22.4. The van der Waals surface area contributed by atoms with Crippen LogP contribution in [0.4, 0.5) is 0 Å². The Kier molecular flexibility index (Phi) is 7.86. The molecule has 0 radical (unpaired) electrons. The summed E-state index contributed by atoms with van der Waals surface area (Å²) in [5, 5.41) is 9.17. The SMILES string of the molecule is CC(C)(C)c1cc2c3c(c1)c1cc4oc5ccccc5c4cc1n3-c1cc(-c3nc(-c4ccccc4)nc(-c4ccccc4)n3)cc3c1B2c1cc(C(C)(C)C)cc2c4cc5oc6ccccc6c5cc4n-3c12. The van der Waals surface area contributed by atoms with Gasteiger partial charge in [-0.05, 0) is 99.0 Å². The molecule has 7 nitrogen and oxygen atoms in total. The molecule has 2 aliphatic rings. The Hall–Kier alpha value is -8.75. The van der Waals surface area contributed by atoms with Crippen molar-refractivity contribution in [2.24, 2.45) is 0 Å². The normalized spacial score (nSPS) is 13.3. The van der Waals surface area contributed by atoms with Crippen LogP contribution in [0, 0.1) is 0 Å². The van der Waals surface area contributed by atoms with Gasteiger partial charge in [0.25, 0.3) is 6.71 Å². The fraction of sp³-hybridized carbons (Fsp3) is 0.123. The first-order chi connectivity index (χ1) is 35.4. The standard InChI is InChI=1S/C65H46BN5O2/c1-64(2,3)38-27-46-42-33-56-44(40-21-13-15-23-54(40)72-56)31-50(42)70-52-25-37(63-68-61(35-17-9-7-10-18-35)67-62(69-63)36-19-11-8-12-20-36)26-53-58(52)66(48(29-38)59(46)70)49-30-39(65(4,5)6)28-47-43-34-57-45(32-51(43)71(53)60(47)49)41-22-14-16-24-55(41)73-57/h7-34H,1-6H3. The van der Waals surface area contributed by atoms with Crippen LogP contribution in [-0.4, -0.2) is 30.8 Å². The fourth-order valence-corrected chi connectivity index (χ4v) is 12.4. The van der Waals surface area contributed by atoms with E-state index in [0.717, 1.165) is 93.7 Å². The quantitative estimate of drug-likeness (QED) is 0.165. The van der Waals surface area contributed by atoms with Gasteiger partial charge in [0.2, 0.25) is 0 Å². The highest BCUT2D eigenvalue weighted by atomic mass is 16.3. The summed E-state index contributed by atoms with van der Waals surface area (Å²) < 4.78 is 18.5. The first-order valence-corrected chi connectivity index (χ1v) is 25.4. The summed E-state index contributed by atoms with van der Waals surface area (Å²) >= 11 is 0. The summed E-state index contributed by atoms with van der Waals surface area (Å²) in [7, 11) is 0. The molecule has 0 aliphatic carbocycles. The van der Waals surface area contributed by atoms with Gasteiger partial charge in [-0.15, -0.1) is 0 Å². The van der Waals surface area contributed by atoms with Crippen LogP contribution in [-0.2, 0) is 10.8 Å². The number of benzene rings is 9. The summed E-state index contributed by atoms with van der Waals surface area (Å²) in [6.45, 7) is 13.9. The predicted octanol–water partition coefficient (Wildman–Crippen LogP) is 14.6. The zero-order valence-corrected chi connectivity index (χ0v) is 41.3. The van der Waals surface area contributed by atoms with Crippen molar-refractivity contribution >= 4 is 111 Å². The molecule has 0 unspecified atom stereocenters. The van der Waals surface area contributed by atoms with Crippen molar-refractivity contribution in [3.05, 3.63) is 181 Å². The van der Waals surface area contributed by atoms with Crippen molar-refractivity contribution in [1.29, 1.82) is 0 Å². The minimum Gasteiger partial charge on any atom is -0.456 e. The van der Waals surface area contributed by atoms with E-state index in [9.17, 15) is 0 Å². The molecule has 9 aromatic carbocycles. The summed E-state index contributed by atoms with van der Waals surface area (Å²) in [5.41, 5.74) is 19.4. The molecule has 0 N–H and O–H groups in total. The molecule has 0 atom stereocenters. The highest BCUT2D eigenvalue weighted by Gasteiger charge is 2.43. The molecule has 16 rings (SSSR count). The van der Waals surface area contributed by atoms with Gasteiger partial charge in [-0.25, -0.2) is 15.0 Å². The Balaban J connectivity index is 1.11. The van der Waals surface area contributed by atoms with Crippen LogP contribution < -0.4 is 16.4 Å². The molecule has 14 aromatic rings. The first kappa shape index (κ1) is 40.9. The highest BCUT2D eigenvalue weighted by molar-refractivity contribution is 7.00. The van der Waals surface area contributed by atoms with Gasteiger partial charge < -0.3 is 18.0 Å². The second-order valence-electron chi connectivity index (χ2n) is 22.4. The van der Waals surface area contributed by atoms with E-state index in [4.69, 9.17) is 23.8 Å². The number of hydrogen-bond donors (Lipinski definition) is 0. The van der Waals surface area contributed by atoms with Crippen molar-refractivity contribution in [2.75, 3.05) is 0 Å². The van der Waals surface area contributed by atoms with Gasteiger partial charge >= 0.3 is 0 Å². The van der Waals surface area contributed by atoms with Gasteiger partial charge in [-0.3, -0.25) is 0 Å². The highest BCUT2D eigenvalue weighted by Crippen LogP contribution is 2.46. The van der Waals surface area contributed by atoms with E-state index >= 15 is 0 Å². The van der Waals surface area contributed by atoms with E-state index in [1.807, 2.05) is 36.4 Å². The van der Waals surface area contributed by atoms with E-state index < -0.39 is 0 Å². The van der Waals surface area contributed by atoms with Gasteiger partial charge in [0, 0.05) is 82.2 Å². The second kappa shape index (κ2) is 14.0. The number of hydrogen-bond acceptors (Lipinski definition) is 5. The van der Waals surface area contributed by atoms with Crippen molar-refractivity contribution < 1.29 is 8.83 Å². The zero-order chi connectivity index (χ0) is 48.8. The number of fused-ring (bicyclic) bond motifs is 16. The minimum absolute atomic E-state index is 0.104. The van der Waals surface area contributed by atoms with E-state index in [0.29, 0.717) is 17.5 Å². The van der Waals surface area contributed by atoms with Crippen LogP contribution in [0.25, 0.3) is 133 Å². The Morgan fingerprint density at radius 2 is 0.781 bits per heavy atom. The van der Waals surface area contributed by atoms with E-state index in [1.54, 1.807) is 0 Å². The third kappa shape index (κ3) is 5.63. The summed E-state index contributed by atoms with van der Waals surface area (Å²) in [5.74, 6) is 1.86. The molecule has 0 saturated carbocycles. The number of furan rings is 2. The maximum absolute atomic E-state index is 6.67. The Morgan fingerprint density at radius 1 is 0.370 bits per heavy atom. The molecule has 73 heavy (non-hydrogen) atoms. The van der Waals surface area contributed by atoms with Crippen LogP contribution in [0.3, 0.4) is 0 Å². The fourth-order valence-electron chi connectivity index (χ4n) is 12.4. The lowest BCUT2D eigenvalue weighted by Crippen LogP contribution is -2.59. The average molecular weight is 940 g/mol. The van der Waals surface area contributed by atoms with Gasteiger partial charge in [0.05, 0.1) is 11.0 Å².